The molecule has 1 saturated carbocycles. The lowest BCUT2D eigenvalue weighted by Gasteiger charge is -2.15. The van der Waals surface area contributed by atoms with Crippen LogP contribution in [0.1, 0.15) is 30.4 Å². The molecule has 0 unspecified atom stereocenters. The van der Waals surface area contributed by atoms with Crippen LogP contribution in [0, 0.1) is 31.0 Å². The Morgan fingerprint density at radius 2 is 2.15 bits per heavy atom. The minimum absolute atomic E-state index is 0.142. The maximum absolute atomic E-state index is 13.3. The maximum Gasteiger partial charge on any atom is 0.229 e. The SMILES string of the molecule is COCc1nc(C)ncc1OC[C@@]1(C)C[C@H]1C(=O)Nc1cc(C)c(F)cn1. The zero-order chi connectivity index (χ0) is 19.6. The number of pyridine rings is 1. The van der Waals surface area contributed by atoms with Gasteiger partial charge in [-0.25, -0.2) is 19.3 Å². The smallest absolute Gasteiger partial charge is 0.229 e. The minimum Gasteiger partial charge on any atom is -0.489 e. The Kier molecular flexibility index (Phi) is 5.36. The van der Waals surface area contributed by atoms with Crippen LogP contribution in [0.5, 0.6) is 5.75 Å². The molecule has 27 heavy (non-hydrogen) atoms. The van der Waals surface area contributed by atoms with E-state index >= 15 is 0 Å². The molecular formula is C19H23FN4O3. The lowest BCUT2D eigenvalue weighted by Crippen LogP contribution is -2.22. The quantitative estimate of drug-likeness (QED) is 0.802. The highest BCUT2D eigenvalue weighted by Gasteiger charge is 2.55. The van der Waals surface area contributed by atoms with Gasteiger partial charge in [-0.15, -0.1) is 0 Å². The lowest BCUT2D eigenvalue weighted by atomic mass is 10.1. The zero-order valence-electron chi connectivity index (χ0n) is 15.9. The van der Waals surface area contributed by atoms with E-state index in [1.165, 1.54) is 6.07 Å². The van der Waals surface area contributed by atoms with Crippen molar-refractivity contribution in [1.29, 1.82) is 0 Å². The summed E-state index contributed by atoms with van der Waals surface area (Å²) in [6, 6.07) is 1.52. The van der Waals surface area contributed by atoms with E-state index in [0.29, 0.717) is 48.3 Å². The Morgan fingerprint density at radius 1 is 1.37 bits per heavy atom. The average Bonchev–Trinajstić information content (AvgIpc) is 3.30. The van der Waals surface area contributed by atoms with Gasteiger partial charge in [0.25, 0.3) is 0 Å². The number of carbonyl (C=O) groups excluding carboxylic acids is 1. The molecule has 0 bridgehead atoms. The molecule has 0 saturated heterocycles. The van der Waals surface area contributed by atoms with Crippen LogP contribution in [0.15, 0.2) is 18.5 Å². The van der Waals surface area contributed by atoms with Crippen molar-refractivity contribution in [2.45, 2.75) is 33.8 Å². The number of anilines is 1. The maximum atomic E-state index is 13.3. The Bertz CT molecular complexity index is 861. The summed E-state index contributed by atoms with van der Waals surface area (Å²) in [5.74, 6) is 0.823. The Morgan fingerprint density at radius 3 is 2.85 bits per heavy atom. The molecule has 2 heterocycles. The molecule has 144 valence electrons. The first kappa shape index (κ1) is 19.2. The summed E-state index contributed by atoms with van der Waals surface area (Å²) < 4.78 is 24.3. The molecule has 2 atom stereocenters. The number of aryl methyl sites for hydroxylation is 2. The molecule has 1 aliphatic rings. The van der Waals surface area contributed by atoms with Crippen molar-refractivity contribution in [2.24, 2.45) is 11.3 Å². The van der Waals surface area contributed by atoms with Gasteiger partial charge < -0.3 is 14.8 Å². The molecule has 0 aliphatic heterocycles. The van der Waals surface area contributed by atoms with Gasteiger partial charge in [0.05, 0.1) is 25.6 Å². The van der Waals surface area contributed by atoms with Gasteiger partial charge in [-0.1, -0.05) is 6.92 Å². The first-order valence-corrected chi connectivity index (χ1v) is 8.69. The molecule has 8 heteroatoms. The second-order valence-corrected chi connectivity index (χ2v) is 7.17. The molecule has 3 rings (SSSR count). The van der Waals surface area contributed by atoms with Gasteiger partial charge in [-0.05, 0) is 31.9 Å². The monoisotopic (exact) mass is 374 g/mol. The minimum atomic E-state index is -0.398. The van der Waals surface area contributed by atoms with Crippen LogP contribution in [-0.4, -0.2) is 34.6 Å². The largest absolute Gasteiger partial charge is 0.489 e. The number of hydrogen-bond donors (Lipinski definition) is 1. The first-order chi connectivity index (χ1) is 12.8. The van der Waals surface area contributed by atoms with E-state index in [0.717, 1.165) is 6.20 Å². The molecule has 1 aliphatic carbocycles. The van der Waals surface area contributed by atoms with Crippen LogP contribution in [0.4, 0.5) is 10.2 Å². The van der Waals surface area contributed by atoms with E-state index in [2.05, 4.69) is 20.3 Å². The molecule has 1 amide bonds. The van der Waals surface area contributed by atoms with Crippen LogP contribution < -0.4 is 10.1 Å². The highest BCUT2D eigenvalue weighted by molar-refractivity contribution is 5.94. The van der Waals surface area contributed by atoms with Gasteiger partial charge in [0.15, 0.2) is 5.75 Å². The third kappa shape index (κ3) is 4.39. The van der Waals surface area contributed by atoms with Crippen LogP contribution >= 0.6 is 0 Å². The van der Waals surface area contributed by atoms with Crippen molar-refractivity contribution in [3.05, 3.63) is 41.4 Å². The number of methoxy groups -OCH3 is 1. The van der Waals surface area contributed by atoms with Gasteiger partial charge >= 0.3 is 0 Å². The van der Waals surface area contributed by atoms with Crippen molar-refractivity contribution in [2.75, 3.05) is 19.0 Å². The van der Waals surface area contributed by atoms with Crippen LogP contribution in [-0.2, 0) is 16.1 Å². The van der Waals surface area contributed by atoms with E-state index in [1.54, 1.807) is 27.2 Å². The molecule has 1 N–H and O–H groups in total. The zero-order valence-corrected chi connectivity index (χ0v) is 15.9. The summed E-state index contributed by atoms with van der Waals surface area (Å²) in [4.78, 5) is 24.9. The van der Waals surface area contributed by atoms with Gasteiger partial charge in [0.2, 0.25) is 5.91 Å². The number of hydrogen-bond acceptors (Lipinski definition) is 6. The fraction of sp³-hybridized carbons (Fsp3) is 0.474. The summed E-state index contributed by atoms with van der Waals surface area (Å²) in [5.41, 5.74) is 0.836. The van der Waals surface area contributed by atoms with E-state index in [1.807, 2.05) is 6.92 Å². The van der Waals surface area contributed by atoms with E-state index in [4.69, 9.17) is 9.47 Å². The van der Waals surface area contributed by atoms with E-state index in [9.17, 15) is 9.18 Å². The number of nitrogens with one attached hydrogen (secondary N) is 1. The van der Waals surface area contributed by atoms with Crippen LogP contribution in [0.2, 0.25) is 0 Å². The molecule has 1 fully saturated rings. The van der Waals surface area contributed by atoms with Crippen molar-refractivity contribution in [1.82, 2.24) is 15.0 Å². The Labute approximate surface area is 157 Å². The second kappa shape index (κ2) is 7.56. The number of carbonyl (C=O) groups is 1. The molecule has 2 aromatic rings. The predicted molar refractivity (Wildman–Crippen MR) is 96.8 cm³/mol. The van der Waals surface area contributed by atoms with E-state index in [-0.39, 0.29) is 17.2 Å². The number of nitrogens with zero attached hydrogens (tertiary/aromatic N) is 3. The molecule has 0 aromatic carbocycles. The molecule has 0 spiro atoms. The topological polar surface area (TPSA) is 86.2 Å². The number of amides is 1. The highest BCUT2D eigenvalue weighted by Crippen LogP contribution is 2.52. The fourth-order valence-corrected chi connectivity index (χ4v) is 2.91. The molecule has 0 radical (unpaired) electrons. The first-order valence-electron chi connectivity index (χ1n) is 8.69. The summed E-state index contributed by atoms with van der Waals surface area (Å²) in [7, 11) is 1.59. The van der Waals surface area contributed by atoms with Gasteiger partial charge in [-0.2, -0.15) is 0 Å². The summed E-state index contributed by atoms with van der Waals surface area (Å²) in [6.07, 6.45) is 3.43. The number of ether oxygens (including phenoxy) is 2. The van der Waals surface area contributed by atoms with Crippen LogP contribution in [0.3, 0.4) is 0 Å². The molecular weight excluding hydrogens is 351 g/mol. The normalized spacial score (nSPS) is 21.0. The third-order valence-electron chi connectivity index (χ3n) is 4.75. The van der Waals surface area contributed by atoms with Crippen molar-refractivity contribution >= 4 is 11.7 Å². The summed E-state index contributed by atoms with van der Waals surface area (Å²) in [6.45, 7) is 6.12. The summed E-state index contributed by atoms with van der Waals surface area (Å²) >= 11 is 0. The Hall–Kier alpha value is -2.61. The van der Waals surface area contributed by atoms with Gasteiger partial charge in [0, 0.05) is 18.4 Å². The van der Waals surface area contributed by atoms with Crippen LogP contribution in [0.25, 0.3) is 0 Å². The molecule has 2 aromatic heterocycles. The number of aromatic nitrogens is 3. The second-order valence-electron chi connectivity index (χ2n) is 7.17. The van der Waals surface area contributed by atoms with E-state index < -0.39 is 5.82 Å². The van der Waals surface area contributed by atoms with Gasteiger partial charge in [-0.3, -0.25) is 4.79 Å². The number of halogens is 1. The van der Waals surface area contributed by atoms with Crippen molar-refractivity contribution in [3.63, 3.8) is 0 Å². The Balaban J connectivity index is 1.59. The highest BCUT2D eigenvalue weighted by atomic mass is 19.1. The predicted octanol–water partition coefficient (Wildman–Crippen LogP) is 2.82. The average molecular weight is 374 g/mol. The molecule has 7 nitrogen and oxygen atoms in total. The van der Waals surface area contributed by atoms with Crippen molar-refractivity contribution in [3.8, 4) is 5.75 Å². The standard InChI is InChI=1S/C19H23FN4O3/c1-11-5-17(22-7-14(11)20)24-18(25)13-6-19(13,3)10-27-16-8-21-12(2)23-15(16)9-26-4/h5,7-8,13H,6,9-10H2,1-4H3,(H,22,24,25)/t13-,19+/m0/s1. The lowest BCUT2D eigenvalue weighted by molar-refractivity contribution is -0.118. The van der Waals surface area contributed by atoms with Crippen molar-refractivity contribution < 1.29 is 18.7 Å². The third-order valence-corrected chi connectivity index (χ3v) is 4.75. The number of rotatable bonds is 7. The fourth-order valence-electron chi connectivity index (χ4n) is 2.91. The van der Waals surface area contributed by atoms with Gasteiger partial charge in [0.1, 0.15) is 23.2 Å². The summed E-state index contributed by atoms with van der Waals surface area (Å²) in [5, 5.41) is 2.75.